The molecule has 0 saturated carbocycles. The van der Waals surface area contributed by atoms with Crippen molar-refractivity contribution in [3.05, 3.63) is 30.0 Å². The van der Waals surface area contributed by atoms with Crippen molar-refractivity contribution in [2.24, 2.45) is 0 Å². The molecule has 0 aliphatic rings. The Labute approximate surface area is 82.3 Å². The Kier molecular flexibility index (Phi) is 2.31. The average Bonchev–Trinajstić information content (AvgIpc) is 2.59. The number of hydrogen-bond acceptors (Lipinski definition) is 2. The van der Waals surface area contributed by atoms with Crippen LogP contribution in [0.2, 0.25) is 0 Å². The monoisotopic (exact) mass is 188 g/mol. The van der Waals surface area contributed by atoms with Gasteiger partial charge in [0.1, 0.15) is 6.29 Å². The molecule has 0 aliphatic carbocycles. The van der Waals surface area contributed by atoms with Crippen LogP contribution in [0, 0.1) is 0 Å². The van der Waals surface area contributed by atoms with E-state index in [4.69, 9.17) is 0 Å². The molecule has 1 aromatic heterocycles. The fourth-order valence-corrected chi connectivity index (χ4v) is 1.51. The van der Waals surface area contributed by atoms with Crippen LogP contribution in [0.15, 0.2) is 24.4 Å². The lowest BCUT2D eigenvalue weighted by Crippen LogP contribution is -1.95. The number of aldehydes is 1. The quantitative estimate of drug-likeness (QED) is 0.692. The predicted molar refractivity (Wildman–Crippen MR) is 55.4 cm³/mol. The van der Waals surface area contributed by atoms with E-state index in [1.54, 1.807) is 6.07 Å². The zero-order valence-corrected chi connectivity index (χ0v) is 8.10. The van der Waals surface area contributed by atoms with Crippen molar-refractivity contribution in [2.45, 2.75) is 19.9 Å². The molecule has 2 rings (SSSR count). The molecule has 72 valence electrons. The van der Waals surface area contributed by atoms with Gasteiger partial charge in [0.25, 0.3) is 0 Å². The normalized spacial score (nSPS) is 10.6. The summed E-state index contributed by atoms with van der Waals surface area (Å²) < 4.78 is 1.92. The molecule has 0 fully saturated rings. The van der Waals surface area contributed by atoms with Crippen LogP contribution in [0.3, 0.4) is 0 Å². The summed E-state index contributed by atoms with van der Waals surface area (Å²) in [6, 6.07) is 5.53. The highest BCUT2D eigenvalue weighted by molar-refractivity contribution is 5.86. The Morgan fingerprint density at radius 1 is 1.50 bits per heavy atom. The van der Waals surface area contributed by atoms with Crippen molar-refractivity contribution < 1.29 is 4.79 Å². The van der Waals surface area contributed by atoms with Crippen LogP contribution in [-0.4, -0.2) is 16.1 Å². The van der Waals surface area contributed by atoms with E-state index in [-0.39, 0.29) is 0 Å². The molecule has 0 spiro atoms. The molecule has 0 unspecified atom stereocenters. The lowest BCUT2D eigenvalue weighted by Gasteiger charge is -1.93. The van der Waals surface area contributed by atoms with E-state index in [1.165, 1.54) is 0 Å². The number of aryl methyl sites for hydroxylation is 1. The Hall–Kier alpha value is -1.64. The third-order valence-corrected chi connectivity index (χ3v) is 2.16. The van der Waals surface area contributed by atoms with Crippen molar-refractivity contribution in [1.29, 1.82) is 0 Å². The maximum Gasteiger partial charge on any atom is 0.150 e. The summed E-state index contributed by atoms with van der Waals surface area (Å²) in [5.41, 5.74) is 1.65. The lowest BCUT2D eigenvalue weighted by atomic mass is 10.2. The Morgan fingerprint density at radius 2 is 2.36 bits per heavy atom. The standard InChI is InChI=1S/C11H12N2O/c1-2-5-13-7-10-6-9(8-14)3-4-11(10)12-13/h3-4,6-8H,2,5H2,1H3. The van der Waals surface area contributed by atoms with E-state index >= 15 is 0 Å². The van der Waals surface area contributed by atoms with Gasteiger partial charge in [0.15, 0.2) is 0 Å². The van der Waals surface area contributed by atoms with Gasteiger partial charge in [-0.15, -0.1) is 0 Å². The molecule has 0 radical (unpaired) electrons. The van der Waals surface area contributed by atoms with Crippen LogP contribution < -0.4 is 0 Å². The summed E-state index contributed by atoms with van der Waals surface area (Å²) in [4.78, 5) is 10.6. The summed E-state index contributed by atoms with van der Waals surface area (Å²) in [6.45, 7) is 3.04. The van der Waals surface area contributed by atoms with Crippen LogP contribution in [0.5, 0.6) is 0 Å². The van der Waals surface area contributed by atoms with E-state index in [2.05, 4.69) is 12.0 Å². The van der Waals surface area contributed by atoms with Crippen molar-refractivity contribution in [1.82, 2.24) is 9.78 Å². The molecule has 0 N–H and O–H groups in total. The predicted octanol–water partition coefficient (Wildman–Crippen LogP) is 2.26. The SMILES string of the molecule is CCCn1cc2cc(C=O)ccc2n1. The molecule has 2 aromatic rings. The van der Waals surface area contributed by atoms with Crippen LogP contribution in [0.25, 0.3) is 10.9 Å². The number of rotatable bonds is 3. The van der Waals surface area contributed by atoms with Crippen molar-refractivity contribution in [3.8, 4) is 0 Å². The first-order chi connectivity index (χ1) is 6.83. The van der Waals surface area contributed by atoms with Crippen LogP contribution in [-0.2, 0) is 6.54 Å². The third-order valence-electron chi connectivity index (χ3n) is 2.16. The summed E-state index contributed by atoms with van der Waals surface area (Å²) >= 11 is 0. The molecule has 0 bridgehead atoms. The Bertz CT molecular complexity index is 459. The molecule has 3 heteroatoms. The molecule has 0 aliphatic heterocycles. The van der Waals surface area contributed by atoms with Crippen molar-refractivity contribution >= 4 is 17.2 Å². The molecular formula is C11H12N2O. The summed E-state index contributed by atoms with van der Waals surface area (Å²) in [5.74, 6) is 0. The Morgan fingerprint density at radius 3 is 3.07 bits per heavy atom. The smallest absolute Gasteiger partial charge is 0.150 e. The number of benzene rings is 1. The topological polar surface area (TPSA) is 34.9 Å². The second kappa shape index (κ2) is 3.62. The Balaban J connectivity index is 2.48. The van der Waals surface area contributed by atoms with E-state index < -0.39 is 0 Å². The maximum atomic E-state index is 10.6. The minimum absolute atomic E-state index is 0.702. The molecule has 0 amide bonds. The van der Waals surface area contributed by atoms with Gasteiger partial charge in [-0.05, 0) is 24.6 Å². The average molecular weight is 188 g/mol. The summed E-state index contributed by atoms with van der Waals surface area (Å²) in [7, 11) is 0. The number of hydrogen-bond donors (Lipinski definition) is 0. The summed E-state index contributed by atoms with van der Waals surface area (Å²) in [5, 5.41) is 5.41. The van der Waals surface area contributed by atoms with Gasteiger partial charge in [-0.3, -0.25) is 9.48 Å². The highest BCUT2D eigenvalue weighted by atomic mass is 16.1. The van der Waals surface area contributed by atoms with Crippen molar-refractivity contribution in [3.63, 3.8) is 0 Å². The lowest BCUT2D eigenvalue weighted by molar-refractivity contribution is 0.112. The number of nitrogens with zero attached hydrogens (tertiary/aromatic N) is 2. The first-order valence-electron chi connectivity index (χ1n) is 4.76. The first-order valence-corrected chi connectivity index (χ1v) is 4.76. The molecule has 1 aromatic carbocycles. The fraction of sp³-hybridized carbons (Fsp3) is 0.273. The second-order valence-electron chi connectivity index (χ2n) is 3.33. The van der Waals surface area contributed by atoms with Gasteiger partial charge >= 0.3 is 0 Å². The molecule has 0 saturated heterocycles. The number of fused-ring (bicyclic) bond motifs is 1. The van der Waals surface area contributed by atoms with E-state index in [0.29, 0.717) is 5.56 Å². The summed E-state index contributed by atoms with van der Waals surface area (Å²) in [6.07, 6.45) is 3.90. The van der Waals surface area contributed by atoms with Crippen molar-refractivity contribution in [2.75, 3.05) is 0 Å². The van der Waals surface area contributed by atoms with Crippen LogP contribution in [0.1, 0.15) is 23.7 Å². The van der Waals surface area contributed by atoms with E-state index in [1.807, 2.05) is 23.0 Å². The second-order valence-corrected chi connectivity index (χ2v) is 3.33. The maximum absolute atomic E-state index is 10.6. The fourth-order valence-electron chi connectivity index (χ4n) is 1.51. The minimum Gasteiger partial charge on any atom is -0.298 e. The van der Waals surface area contributed by atoms with Gasteiger partial charge < -0.3 is 0 Å². The van der Waals surface area contributed by atoms with Crippen LogP contribution in [0.4, 0.5) is 0 Å². The molecule has 0 atom stereocenters. The molecular weight excluding hydrogens is 176 g/mol. The number of carbonyl (C=O) groups is 1. The zero-order valence-electron chi connectivity index (χ0n) is 8.10. The van der Waals surface area contributed by atoms with Crippen LogP contribution >= 0.6 is 0 Å². The van der Waals surface area contributed by atoms with Gasteiger partial charge in [-0.2, -0.15) is 5.10 Å². The minimum atomic E-state index is 0.702. The largest absolute Gasteiger partial charge is 0.298 e. The van der Waals surface area contributed by atoms with Gasteiger partial charge in [0, 0.05) is 23.7 Å². The molecule has 14 heavy (non-hydrogen) atoms. The highest BCUT2D eigenvalue weighted by Crippen LogP contribution is 2.13. The number of aromatic nitrogens is 2. The van der Waals surface area contributed by atoms with Gasteiger partial charge in [0.2, 0.25) is 0 Å². The number of carbonyl (C=O) groups excluding carboxylic acids is 1. The highest BCUT2D eigenvalue weighted by Gasteiger charge is 2.00. The third kappa shape index (κ3) is 1.53. The van der Waals surface area contributed by atoms with E-state index in [0.717, 1.165) is 30.2 Å². The molecule has 3 nitrogen and oxygen atoms in total. The van der Waals surface area contributed by atoms with E-state index in [9.17, 15) is 4.79 Å². The van der Waals surface area contributed by atoms with Gasteiger partial charge in [0.05, 0.1) is 5.52 Å². The zero-order chi connectivity index (χ0) is 9.97. The first kappa shape index (κ1) is 8.94. The molecule has 1 heterocycles. The van der Waals surface area contributed by atoms with Gasteiger partial charge in [-0.25, -0.2) is 0 Å². The van der Waals surface area contributed by atoms with Gasteiger partial charge in [-0.1, -0.05) is 6.92 Å².